The van der Waals surface area contributed by atoms with Crippen molar-refractivity contribution in [1.82, 2.24) is 9.80 Å². The topological polar surface area (TPSA) is 66.9 Å². The van der Waals surface area contributed by atoms with Crippen molar-refractivity contribution in [2.45, 2.75) is 12.5 Å². The van der Waals surface area contributed by atoms with Crippen LogP contribution in [0, 0.1) is 5.92 Å². The number of carbonyl (C=O) groups is 3. The third kappa shape index (κ3) is 4.34. The Labute approximate surface area is 184 Å². The lowest BCUT2D eigenvalue weighted by atomic mass is 9.89. The van der Waals surface area contributed by atoms with Crippen molar-refractivity contribution in [2.75, 3.05) is 39.4 Å². The maximum Gasteiger partial charge on any atom is 0.291 e. The molecule has 0 saturated carbocycles. The Kier molecular flexibility index (Phi) is 6.63. The smallest absolute Gasteiger partial charge is 0.291 e. The molecule has 1 aromatic carbocycles. The van der Waals surface area contributed by atoms with Crippen LogP contribution < -0.4 is 0 Å². The minimum absolute atomic E-state index is 0.334. The summed E-state index contributed by atoms with van der Waals surface area (Å²) >= 11 is 7.39. The van der Waals surface area contributed by atoms with Crippen molar-refractivity contribution in [1.29, 1.82) is 0 Å². The van der Waals surface area contributed by atoms with Crippen molar-refractivity contribution < 1.29 is 19.1 Å². The maximum absolute atomic E-state index is 13.2. The molecular weight excluding hydrogens is 424 g/mol. The Hall–Kier alpha value is -2.06. The first-order valence-electron chi connectivity index (χ1n) is 10.0. The summed E-state index contributed by atoms with van der Waals surface area (Å²) < 4.78 is 5.37. The van der Waals surface area contributed by atoms with E-state index in [0.717, 1.165) is 44.1 Å². The van der Waals surface area contributed by atoms with Crippen LogP contribution in [0.2, 0.25) is 5.02 Å². The molecule has 4 rings (SSSR count). The van der Waals surface area contributed by atoms with E-state index in [1.165, 1.54) is 11.3 Å². The summed E-state index contributed by atoms with van der Waals surface area (Å²) in [6.07, 6.45) is 0.739. The van der Waals surface area contributed by atoms with Crippen LogP contribution in [0.5, 0.6) is 0 Å². The molecule has 2 fully saturated rings. The number of hydrogen-bond acceptors (Lipinski definition) is 6. The zero-order valence-electron chi connectivity index (χ0n) is 16.5. The fourth-order valence-electron chi connectivity index (χ4n) is 4.09. The molecule has 8 heteroatoms. The minimum atomic E-state index is -1.03. The fraction of sp³-hybridized carbons (Fsp3) is 0.409. The predicted molar refractivity (Wildman–Crippen MR) is 115 cm³/mol. The van der Waals surface area contributed by atoms with Gasteiger partial charge < -0.3 is 9.64 Å². The molecule has 1 amide bonds. The van der Waals surface area contributed by atoms with E-state index in [0.29, 0.717) is 17.1 Å². The van der Waals surface area contributed by atoms with Gasteiger partial charge in [-0.25, -0.2) is 0 Å². The largest absolute Gasteiger partial charge is 0.379 e. The van der Waals surface area contributed by atoms with Crippen molar-refractivity contribution in [2.24, 2.45) is 5.92 Å². The average Bonchev–Trinajstić information content (AvgIpc) is 3.37. The molecule has 0 spiro atoms. The molecule has 0 radical (unpaired) electrons. The standard InChI is InChI=1S/C22H23ClN2O4S/c23-16-6-4-15(5-7-16)20(26)18-19(17-3-1-14-30-17)25(22(28)21(18)27)9-2-8-24-10-12-29-13-11-24/h1,3-7,14,18-19H,2,8-13H2. The summed E-state index contributed by atoms with van der Waals surface area (Å²) in [7, 11) is 0. The fourth-order valence-corrected chi connectivity index (χ4v) is 5.09. The van der Waals surface area contributed by atoms with E-state index in [1.807, 2.05) is 17.5 Å². The van der Waals surface area contributed by atoms with Crippen LogP contribution in [0.25, 0.3) is 0 Å². The molecule has 2 aliphatic heterocycles. The first-order chi connectivity index (χ1) is 14.6. The van der Waals surface area contributed by atoms with E-state index < -0.39 is 23.7 Å². The van der Waals surface area contributed by atoms with Gasteiger partial charge in [0.2, 0.25) is 5.78 Å². The van der Waals surface area contributed by atoms with Crippen molar-refractivity contribution in [3.63, 3.8) is 0 Å². The number of hydrogen-bond donors (Lipinski definition) is 0. The Morgan fingerprint density at radius 2 is 1.83 bits per heavy atom. The lowest BCUT2D eigenvalue weighted by molar-refractivity contribution is -0.140. The second-order valence-corrected chi connectivity index (χ2v) is 8.90. The quantitative estimate of drug-likeness (QED) is 0.371. The third-order valence-electron chi connectivity index (χ3n) is 5.63. The van der Waals surface area contributed by atoms with Crippen LogP contribution in [-0.4, -0.2) is 66.7 Å². The first kappa shape index (κ1) is 21.2. The highest BCUT2D eigenvalue weighted by Crippen LogP contribution is 2.40. The van der Waals surface area contributed by atoms with Gasteiger partial charge in [0.1, 0.15) is 5.92 Å². The number of thiophene rings is 1. The number of benzene rings is 1. The Morgan fingerprint density at radius 1 is 1.10 bits per heavy atom. The summed E-state index contributed by atoms with van der Waals surface area (Å²) in [4.78, 5) is 43.7. The highest BCUT2D eigenvalue weighted by atomic mass is 35.5. The Morgan fingerprint density at radius 3 is 2.50 bits per heavy atom. The monoisotopic (exact) mass is 446 g/mol. The number of morpholine rings is 1. The van der Waals surface area contributed by atoms with Gasteiger partial charge in [0.25, 0.3) is 5.91 Å². The van der Waals surface area contributed by atoms with Crippen LogP contribution in [0.4, 0.5) is 0 Å². The van der Waals surface area contributed by atoms with Gasteiger partial charge in [-0.3, -0.25) is 19.3 Å². The molecule has 0 bridgehead atoms. The van der Waals surface area contributed by atoms with Crippen LogP contribution in [-0.2, 0) is 14.3 Å². The molecule has 3 heterocycles. The van der Waals surface area contributed by atoms with Gasteiger partial charge in [0.05, 0.1) is 19.3 Å². The number of halogens is 1. The molecule has 0 N–H and O–H groups in total. The summed E-state index contributed by atoms with van der Waals surface area (Å²) in [6.45, 7) is 4.45. The lowest BCUT2D eigenvalue weighted by Crippen LogP contribution is -2.39. The van der Waals surface area contributed by atoms with E-state index in [9.17, 15) is 14.4 Å². The zero-order valence-corrected chi connectivity index (χ0v) is 18.0. The second kappa shape index (κ2) is 9.39. The normalized spacial score (nSPS) is 22.6. The van der Waals surface area contributed by atoms with E-state index in [-0.39, 0.29) is 5.78 Å². The Bertz CT molecular complexity index is 910. The number of likely N-dealkylation sites (tertiary alicyclic amines) is 1. The van der Waals surface area contributed by atoms with Gasteiger partial charge in [-0.1, -0.05) is 17.7 Å². The van der Waals surface area contributed by atoms with Crippen LogP contribution in [0.3, 0.4) is 0 Å². The Balaban J connectivity index is 1.55. The number of ether oxygens (including phenoxy) is 1. The molecule has 2 aliphatic rings. The van der Waals surface area contributed by atoms with Gasteiger partial charge in [-0.15, -0.1) is 11.3 Å². The molecule has 0 aliphatic carbocycles. The maximum atomic E-state index is 13.2. The number of amides is 1. The second-order valence-electron chi connectivity index (χ2n) is 7.48. The molecule has 2 unspecified atom stereocenters. The van der Waals surface area contributed by atoms with Crippen LogP contribution in [0.1, 0.15) is 27.7 Å². The predicted octanol–water partition coefficient (Wildman–Crippen LogP) is 3.08. The molecule has 2 saturated heterocycles. The molecule has 2 atom stereocenters. The lowest BCUT2D eigenvalue weighted by Gasteiger charge is -2.29. The minimum Gasteiger partial charge on any atom is -0.379 e. The van der Waals surface area contributed by atoms with Crippen LogP contribution in [0.15, 0.2) is 41.8 Å². The average molecular weight is 447 g/mol. The molecule has 158 valence electrons. The highest BCUT2D eigenvalue weighted by molar-refractivity contribution is 7.10. The van der Waals surface area contributed by atoms with Crippen molar-refractivity contribution in [3.05, 3.63) is 57.2 Å². The van der Waals surface area contributed by atoms with E-state index in [1.54, 1.807) is 29.2 Å². The van der Waals surface area contributed by atoms with Crippen molar-refractivity contribution in [3.8, 4) is 0 Å². The van der Waals surface area contributed by atoms with Gasteiger partial charge in [-0.05, 0) is 42.1 Å². The van der Waals surface area contributed by atoms with Gasteiger partial charge in [0.15, 0.2) is 5.78 Å². The number of nitrogens with zero attached hydrogens (tertiary/aromatic N) is 2. The summed E-state index contributed by atoms with van der Waals surface area (Å²) in [5.74, 6) is -2.55. The first-order valence-corrected chi connectivity index (χ1v) is 11.3. The summed E-state index contributed by atoms with van der Waals surface area (Å²) in [5, 5.41) is 2.41. The van der Waals surface area contributed by atoms with E-state index >= 15 is 0 Å². The number of Topliss-reactive ketones (excluding diaryl/α,β-unsaturated/α-hetero) is 2. The number of ketones is 2. The van der Waals surface area contributed by atoms with Gasteiger partial charge in [0, 0.05) is 41.6 Å². The number of rotatable bonds is 7. The van der Waals surface area contributed by atoms with Gasteiger partial charge >= 0.3 is 0 Å². The summed E-state index contributed by atoms with van der Waals surface area (Å²) in [5.41, 5.74) is 0.391. The van der Waals surface area contributed by atoms with E-state index in [4.69, 9.17) is 16.3 Å². The summed E-state index contributed by atoms with van der Waals surface area (Å²) in [6, 6.07) is 9.66. The van der Waals surface area contributed by atoms with Gasteiger partial charge in [-0.2, -0.15) is 0 Å². The number of carbonyl (C=O) groups excluding carboxylic acids is 3. The van der Waals surface area contributed by atoms with Crippen molar-refractivity contribution >= 4 is 40.4 Å². The molecule has 6 nitrogen and oxygen atoms in total. The van der Waals surface area contributed by atoms with E-state index in [2.05, 4.69) is 4.90 Å². The SMILES string of the molecule is O=C1C(=O)N(CCCN2CCOCC2)C(c2cccs2)C1C(=O)c1ccc(Cl)cc1. The highest BCUT2D eigenvalue weighted by Gasteiger charge is 2.51. The van der Waals surface area contributed by atoms with Crippen LogP contribution >= 0.6 is 22.9 Å². The zero-order chi connectivity index (χ0) is 21.1. The third-order valence-corrected chi connectivity index (χ3v) is 6.82. The molecular formula is C22H23ClN2O4S. The molecule has 30 heavy (non-hydrogen) atoms. The molecule has 2 aromatic rings. The molecule has 1 aromatic heterocycles.